The highest BCUT2D eigenvalue weighted by Crippen LogP contribution is 2.28. The zero-order valence-electron chi connectivity index (χ0n) is 14.2. The van der Waals surface area contributed by atoms with Gasteiger partial charge in [-0.2, -0.15) is 0 Å². The first-order valence-electron chi connectivity index (χ1n) is 8.32. The molecule has 0 fully saturated rings. The van der Waals surface area contributed by atoms with E-state index in [2.05, 4.69) is 9.55 Å². The van der Waals surface area contributed by atoms with Crippen molar-refractivity contribution in [3.8, 4) is 11.5 Å². The Labute approximate surface area is 170 Å². The van der Waals surface area contributed by atoms with Gasteiger partial charge in [0.2, 0.25) is 0 Å². The quantitative estimate of drug-likeness (QED) is 0.401. The van der Waals surface area contributed by atoms with E-state index in [1.807, 2.05) is 41.8 Å². The molecule has 4 rings (SSSR count). The highest BCUT2D eigenvalue weighted by atomic mass is 35.5. The van der Waals surface area contributed by atoms with Gasteiger partial charge in [0.1, 0.15) is 0 Å². The summed E-state index contributed by atoms with van der Waals surface area (Å²) in [7, 11) is 0. The van der Waals surface area contributed by atoms with Gasteiger partial charge in [0.15, 0.2) is 10.6 Å². The second-order valence-corrected chi connectivity index (χ2v) is 7.49. The van der Waals surface area contributed by atoms with Gasteiger partial charge in [0, 0.05) is 35.3 Å². The number of thiazole rings is 1. The lowest BCUT2D eigenvalue weighted by molar-refractivity contribution is 0.568. The van der Waals surface area contributed by atoms with Gasteiger partial charge in [0.05, 0.1) is 22.7 Å². The summed E-state index contributed by atoms with van der Waals surface area (Å²) in [5.74, 6) is 0.802. The summed E-state index contributed by atoms with van der Waals surface area (Å²) in [6.45, 7) is 0.723. The van der Waals surface area contributed by atoms with Crippen LogP contribution in [0, 0.1) is 0 Å². The van der Waals surface area contributed by atoms with E-state index < -0.39 is 0 Å². The van der Waals surface area contributed by atoms with Crippen molar-refractivity contribution in [2.24, 2.45) is 4.99 Å². The van der Waals surface area contributed by atoms with Crippen LogP contribution in [0.5, 0.6) is 0 Å². The fraction of sp³-hybridized carbons (Fsp3) is 0.100. The Morgan fingerprint density at radius 3 is 2.78 bits per heavy atom. The van der Waals surface area contributed by atoms with Crippen LogP contribution < -0.4 is 4.80 Å². The van der Waals surface area contributed by atoms with E-state index in [4.69, 9.17) is 32.6 Å². The lowest BCUT2D eigenvalue weighted by Gasteiger charge is -2.07. The highest BCUT2D eigenvalue weighted by Gasteiger charge is 2.11. The van der Waals surface area contributed by atoms with Crippen LogP contribution in [0.15, 0.2) is 75.8 Å². The minimum absolute atomic E-state index is 0.520. The zero-order chi connectivity index (χ0) is 18.6. The summed E-state index contributed by atoms with van der Waals surface area (Å²) in [6, 6.07) is 15.0. The van der Waals surface area contributed by atoms with Crippen molar-refractivity contribution in [1.29, 1.82) is 0 Å². The number of nitrogens with zero attached hydrogens (tertiary/aromatic N) is 3. The van der Waals surface area contributed by atoms with Gasteiger partial charge in [-0.3, -0.25) is 4.98 Å². The molecule has 0 bridgehead atoms. The lowest BCUT2D eigenvalue weighted by Crippen LogP contribution is -2.17. The highest BCUT2D eigenvalue weighted by molar-refractivity contribution is 7.07. The monoisotopic (exact) mass is 415 g/mol. The molecule has 0 spiro atoms. The fourth-order valence-corrected chi connectivity index (χ4v) is 4.08. The maximum atomic E-state index is 6.30. The number of halogens is 2. The van der Waals surface area contributed by atoms with Gasteiger partial charge in [-0.1, -0.05) is 29.3 Å². The Kier molecular flexibility index (Phi) is 5.43. The van der Waals surface area contributed by atoms with Crippen LogP contribution >= 0.6 is 34.5 Å². The van der Waals surface area contributed by atoms with Crippen molar-refractivity contribution in [2.45, 2.75) is 13.0 Å². The first-order valence-corrected chi connectivity index (χ1v) is 9.96. The number of furan rings is 1. The number of hydrogen-bond donors (Lipinski definition) is 0. The topological polar surface area (TPSA) is 43.3 Å². The molecule has 1 aromatic carbocycles. The molecule has 0 N–H and O–H groups in total. The Morgan fingerprint density at radius 1 is 1.11 bits per heavy atom. The third-order valence-corrected chi connectivity index (χ3v) is 5.42. The predicted octanol–water partition coefficient (Wildman–Crippen LogP) is 5.99. The van der Waals surface area contributed by atoms with Crippen LogP contribution in [-0.4, -0.2) is 9.55 Å². The van der Waals surface area contributed by atoms with Crippen LogP contribution in [0.2, 0.25) is 10.0 Å². The van der Waals surface area contributed by atoms with Crippen molar-refractivity contribution in [3.63, 3.8) is 0 Å². The minimum atomic E-state index is 0.520. The van der Waals surface area contributed by atoms with Gasteiger partial charge in [-0.15, -0.1) is 11.3 Å². The van der Waals surface area contributed by atoms with E-state index in [1.54, 1.807) is 35.9 Å². The van der Waals surface area contributed by atoms with Gasteiger partial charge in [0.25, 0.3) is 0 Å². The lowest BCUT2D eigenvalue weighted by atomic mass is 10.2. The average Bonchev–Trinajstić information content (AvgIpc) is 3.33. The van der Waals surface area contributed by atoms with Crippen LogP contribution in [0.25, 0.3) is 11.5 Å². The summed E-state index contributed by atoms with van der Waals surface area (Å²) >= 11 is 13.8. The smallest absolute Gasteiger partial charge is 0.190 e. The van der Waals surface area contributed by atoms with Gasteiger partial charge in [-0.05, 0) is 42.5 Å². The molecule has 0 unspecified atom stereocenters. The predicted molar refractivity (Wildman–Crippen MR) is 110 cm³/mol. The summed E-state index contributed by atoms with van der Waals surface area (Å²) < 4.78 is 7.73. The Hall–Kier alpha value is -2.34. The SMILES string of the molecule is Clc1ccc(N=c2scc(-c3ccco3)n2CCc2ccccn2)c(Cl)c1. The van der Waals surface area contributed by atoms with Crippen LogP contribution in [0.1, 0.15) is 5.69 Å². The maximum Gasteiger partial charge on any atom is 0.190 e. The van der Waals surface area contributed by atoms with E-state index >= 15 is 0 Å². The summed E-state index contributed by atoms with van der Waals surface area (Å²) in [4.78, 5) is 10.00. The molecule has 136 valence electrons. The van der Waals surface area contributed by atoms with Crippen LogP contribution in [0.3, 0.4) is 0 Å². The van der Waals surface area contributed by atoms with E-state index in [9.17, 15) is 0 Å². The Morgan fingerprint density at radius 2 is 2.04 bits per heavy atom. The molecule has 4 aromatic rings. The molecule has 0 atom stereocenters. The largest absolute Gasteiger partial charge is 0.463 e. The molecule has 0 saturated heterocycles. The van der Waals surface area contributed by atoms with E-state index in [1.165, 1.54) is 0 Å². The molecule has 7 heteroatoms. The zero-order valence-corrected chi connectivity index (χ0v) is 16.5. The fourth-order valence-electron chi connectivity index (χ4n) is 2.70. The van der Waals surface area contributed by atoms with Crippen molar-refractivity contribution >= 4 is 40.2 Å². The van der Waals surface area contributed by atoms with Crippen LogP contribution in [0.4, 0.5) is 5.69 Å². The van der Waals surface area contributed by atoms with Crippen molar-refractivity contribution in [2.75, 3.05) is 0 Å². The molecular weight excluding hydrogens is 401 g/mol. The second-order valence-electron chi connectivity index (χ2n) is 5.81. The summed E-state index contributed by atoms with van der Waals surface area (Å²) in [5.41, 5.74) is 2.68. The minimum Gasteiger partial charge on any atom is -0.463 e. The Balaban J connectivity index is 1.76. The van der Waals surface area contributed by atoms with Crippen LogP contribution in [-0.2, 0) is 13.0 Å². The molecule has 0 aliphatic heterocycles. The van der Waals surface area contributed by atoms with E-state index in [0.717, 1.165) is 34.9 Å². The average molecular weight is 416 g/mol. The molecule has 4 nitrogen and oxygen atoms in total. The second kappa shape index (κ2) is 8.13. The Bertz CT molecular complexity index is 1100. The third kappa shape index (κ3) is 4.16. The molecule has 27 heavy (non-hydrogen) atoms. The van der Waals surface area contributed by atoms with Crippen molar-refractivity contribution in [1.82, 2.24) is 9.55 Å². The molecular formula is C20H15Cl2N3OS. The number of rotatable bonds is 5. The molecule has 0 aliphatic rings. The molecule has 3 aromatic heterocycles. The van der Waals surface area contributed by atoms with Crippen molar-refractivity contribution in [3.05, 3.63) is 86.9 Å². The van der Waals surface area contributed by atoms with E-state index in [-0.39, 0.29) is 0 Å². The maximum absolute atomic E-state index is 6.30. The molecule has 0 aliphatic carbocycles. The van der Waals surface area contributed by atoms with Gasteiger partial charge >= 0.3 is 0 Å². The third-order valence-electron chi connectivity index (χ3n) is 4.01. The number of pyridine rings is 1. The molecule has 3 heterocycles. The number of benzene rings is 1. The van der Waals surface area contributed by atoms with E-state index in [0.29, 0.717) is 15.7 Å². The standard InChI is InChI=1S/C20H15Cl2N3OS/c21-14-6-7-17(16(22)12-14)24-20-25(10-8-15-4-1-2-9-23-15)18(13-27-20)19-5-3-11-26-19/h1-7,9,11-13H,8,10H2. The van der Waals surface area contributed by atoms with Gasteiger partial charge < -0.3 is 8.98 Å². The number of aryl methyl sites for hydroxylation is 1. The normalized spacial score (nSPS) is 11.9. The van der Waals surface area contributed by atoms with Gasteiger partial charge in [-0.25, -0.2) is 4.99 Å². The first kappa shape index (κ1) is 18.0. The first-order chi connectivity index (χ1) is 13.2. The molecule has 0 radical (unpaired) electrons. The number of aromatic nitrogens is 2. The summed E-state index contributed by atoms with van der Waals surface area (Å²) in [6.07, 6.45) is 4.26. The number of hydrogen-bond acceptors (Lipinski definition) is 4. The molecule has 0 saturated carbocycles. The summed E-state index contributed by atoms with van der Waals surface area (Å²) in [5, 5.41) is 3.15. The van der Waals surface area contributed by atoms with Crippen molar-refractivity contribution < 1.29 is 4.42 Å². The molecule has 0 amide bonds.